The average molecular weight is 332 g/mol. The molecule has 1 aromatic rings. The molecule has 2 N–H and O–H groups in total. The predicted octanol–water partition coefficient (Wildman–Crippen LogP) is 2.82. The summed E-state index contributed by atoms with van der Waals surface area (Å²) in [4.78, 5) is 22.6. The Morgan fingerprint density at radius 2 is 2.05 bits per heavy atom. The highest BCUT2D eigenvalue weighted by Gasteiger charge is 2.21. The standard InChI is InChI=1S/C13H15BrFNO3/c1-7(2)11(6-12(17)18)16-13(19)9-4-3-8(14)5-10(9)15/h3-5,7,11H,6H2,1-2H3,(H,16,19)(H,17,18). The van der Waals surface area contributed by atoms with Gasteiger partial charge >= 0.3 is 5.97 Å². The molecule has 0 aliphatic carbocycles. The average Bonchev–Trinajstić information content (AvgIpc) is 2.26. The molecule has 0 fully saturated rings. The van der Waals surface area contributed by atoms with Crippen LogP contribution in [0.5, 0.6) is 0 Å². The van der Waals surface area contributed by atoms with Crippen LogP contribution in [0.2, 0.25) is 0 Å². The van der Waals surface area contributed by atoms with Crippen molar-refractivity contribution in [3.8, 4) is 0 Å². The topological polar surface area (TPSA) is 66.4 Å². The molecule has 0 heterocycles. The van der Waals surface area contributed by atoms with Crippen LogP contribution >= 0.6 is 15.9 Å². The van der Waals surface area contributed by atoms with Crippen LogP contribution < -0.4 is 5.32 Å². The number of halogens is 2. The number of hydrogen-bond donors (Lipinski definition) is 2. The van der Waals surface area contributed by atoms with Crippen molar-refractivity contribution in [1.82, 2.24) is 5.32 Å². The molecule has 0 aliphatic rings. The number of nitrogens with one attached hydrogen (secondary N) is 1. The Labute approximate surface area is 119 Å². The third-order valence-electron chi connectivity index (χ3n) is 2.69. The molecular weight excluding hydrogens is 317 g/mol. The van der Waals surface area contributed by atoms with Gasteiger partial charge in [0.15, 0.2) is 0 Å². The van der Waals surface area contributed by atoms with Gasteiger partial charge in [0, 0.05) is 10.5 Å². The molecule has 0 aliphatic heterocycles. The van der Waals surface area contributed by atoms with Crippen molar-refractivity contribution in [3.05, 3.63) is 34.1 Å². The number of carbonyl (C=O) groups excluding carboxylic acids is 1. The Morgan fingerprint density at radius 1 is 1.42 bits per heavy atom. The summed E-state index contributed by atoms with van der Waals surface area (Å²) in [6.45, 7) is 3.59. The maximum atomic E-state index is 13.6. The van der Waals surface area contributed by atoms with Crippen molar-refractivity contribution in [1.29, 1.82) is 0 Å². The molecule has 0 radical (unpaired) electrons. The van der Waals surface area contributed by atoms with Crippen LogP contribution in [0, 0.1) is 11.7 Å². The highest BCUT2D eigenvalue weighted by atomic mass is 79.9. The molecule has 0 aromatic heterocycles. The van der Waals surface area contributed by atoms with E-state index in [0.29, 0.717) is 4.47 Å². The molecule has 0 spiro atoms. The van der Waals surface area contributed by atoms with Crippen molar-refractivity contribution >= 4 is 27.8 Å². The van der Waals surface area contributed by atoms with Gasteiger partial charge in [-0.1, -0.05) is 29.8 Å². The molecule has 1 unspecified atom stereocenters. The zero-order valence-corrected chi connectivity index (χ0v) is 12.2. The van der Waals surface area contributed by atoms with Gasteiger partial charge in [0.25, 0.3) is 5.91 Å². The monoisotopic (exact) mass is 331 g/mol. The first-order valence-electron chi connectivity index (χ1n) is 5.79. The minimum Gasteiger partial charge on any atom is -0.481 e. The van der Waals surface area contributed by atoms with Crippen LogP contribution in [0.15, 0.2) is 22.7 Å². The van der Waals surface area contributed by atoms with E-state index in [9.17, 15) is 14.0 Å². The van der Waals surface area contributed by atoms with Crippen LogP contribution in [0.3, 0.4) is 0 Å². The third-order valence-corrected chi connectivity index (χ3v) is 3.18. The molecule has 1 amide bonds. The summed E-state index contributed by atoms with van der Waals surface area (Å²) < 4.78 is 14.1. The molecule has 1 aromatic carbocycles. The fourth-order valence-corrected chi connectivity index (χ4v) is 1.89. The van der Waals surface area contributed by atoms with Gasteiger partial charge < -0.3 is 10.4 Å². The maximum Gasteiger partial charge on any atom is 0.305 e. The number of benzene rings is 1. The van der Waals surface area contributed by atoms with Crippen LogP contribution in [0.25, 0.3) is 0 Å². The molecule has 6 heteroatoms. The van der Waals surface area contributed by atoms with Crippen molar-refractivity contribution in [2.24, 2.45) is 5.92 Å². The number of carbonyl (C=O) groups is 2. The molecule has 104 valence electrons. The van der Waals surface area contributed by atoms with E-state index in [1.54, 1.807) is 19.9 Å². The van der Waals surface area contributed by atoms with Crippen molar-refractivity contribution in [2.45, 2.75) is 26.3 Å². The Hall–Kier alpha value is -1.43. The van der Waals surface area contributed by atoms with E-state index in [4.69, 9.17) is 5.11 Å². The van der Waals surface area contributed by atoms with E-state index in [0.717, 1.165) is 0 Å². The van der Waals surface area contributed by atoms with Gasteiger partial charge in [0.1, 0.15) is 5.82 Å². The van der Waals surface area contributed by atoms with Gasteiger partial charge in [0.2, 0.25) is 0 Å². The van der Waals surface area contributed by atoms with E-state index in [1.165, 1.54) is 12.1 Å². The predicted molar refractivity (Wildman–Crippen MR) is 72.4 cm³/mol. The first-order chi connectivity index (χ1) is 8.81. The summed E-state index contributed by atoms with van der Waals surface area (Å²) in [5.41, 5.74) is -0.0979. The van der Waals surface area contributed by atoms with Crippen molar-refractivity contribution in [3.63, 3.8) is 0 Å². The van der Waals surface area contributed by atoms with Crippen LogP contribution in [0.1, 0.15) is 30.6 Å². The van der Waals surface area contributed by atoms with E-state index in [-0.39, 0.29) is 17.9 Å². The van der Waals surface area contributed by atoms with Gasteiger partial charge in [-0.25, -0.2) is 4.39 Å². The maximum absolute atomic E-state index is 13.6. The fraction of sp³-hybridized carbons (Fsp3) is 0.385. The van der Waals surface area contributed by atoms with E-state index in [2.05, 4.69) is 21.2 Å². The summed E-state index contributed by atoms with van der Waals surface area (Å²) in [7, 11) is 0. The first-order valence-corrected chi connectivity index (χ1v) is 6.58. The lowest BCUT2D eigenvalue weighted by Crippen LogP contribution is -2.40. The molecule has 4 nitrogen and oxygen atoms in total. The molecule has 1 rings (SSSR count). The summed E-state index contributed by atoms with van der Waals surface area (Å²) >= 11 is 3.10. The van der Waals surface area contributed by atoms with E-state index >= 15 is 0 Å². The second-order valence-electron chi connectivity index (χ2n) is 4.55. The highest BCUT2D eigenvalue weighted by molar-refractivity contribution is 9.10. The molecule has 0 saturated carbocycles. The summed E-state index contributed by atoms with van der Waals surface area (Å²) in [6.07, 6.45) is -0.193. The molecular formula is C13H15BrFNO3. The van der Waals surface area contributed by atoms with Crippen LogP contribution in [0.4, 0.5) is 4.39 Å². The van der Waals surface area contributed by atoms with Gasteiger partial charge in [-0.05, 0) is 24.1 Å². The first kappa shape index (κ1) is 15.6. The quantitative estimate of drug-likeness (QED) is 0.871. The zero-order valence-electron chi connectivity index (χ0n) is 10.6. The summed E-state index contributed by atoms with van der Waals surface area (Å²) in [5, 5.41) is 11.3. The van der Waals surface area contributed by atoms with Crippen molar-refractivity contribution < 1.29 is 19.1 Å². The van der Waals surface area contributed by atoms with E-state index < -0.39 is 23.7 Å². The molecule has 0 bridgehead atoms. The summed E-state index contributed by atoms with van der Waals surface area (Å²) in [5.74, 6) is -2.32. The second-order valence-corrected chi connectivity index (χ2v) is 5.46. The largest absolute Gasteiger partial charge is 0.481 e. The minimum atomic E-state index is -1.00. The molecule has 19 heavy (non-hydrogen) atoms. The fourth-order valence-electron chi connectivity index (χ4n) is 1.56. The van der Waals surface area contributed by atoms with Gasteiger partial charge in [-0.3, -0.25) is 9.59 Å². The number of carboxylic acid groups (broad SMARTS) is 1. The smallest absolute Gasteiger partial charge is 0.305 e. The number of carboxylic acids is 1. The van der Waals surface area contributed by atoms with Crippen LogP contribution in [-0.4, -0.2) is 23.0 Å². The zero-order chi connectivity index (χ0) is 14.6. The third kappa shape index (κ3) is 4.63. The Kier molecular flexibility index (Phi) is 5.47. The highest BCUT2D eigenvalue weighted by Crippen LogP contribution is 2.16. The van der Waals surface area contributed by atoms with E-state index in [1.807, 2.05) is 0 Å². The number of amides is 1. The SMILES string of the molecule is CC(C)C(CC(=O)O)NC(=O)c1ccc(Br)cc1F. The van der Waals surface area contributed by atoms with Gasteiger partial charge in [-0.2, -0.15) is 0 Å². The number of rotatable bonds is 5. The van der Waals surface area contributed by atoms with Gasteiger partial charge in [-0.15, -0.1) is 0 Å². The molecule has 0 saturated heterocycles. The number of hydrogen-bond acceptors (Lipinski definition) is 2. The minimum absolute atomic E-state index is 0.0569. The van der Waals surface area contributed by atoms with Crippen molar-refractivity contribution in [2.75, 3.05) is 0 Å². The molecule has 1 atom stereocenters. The Bertz CT molecular complexity index is 491. The lowest BCUT2D eigenvalue weighted by atomic mass is 10.0. The Morgan fingerprint density at radius 3 is 2.53 bits per heavy atom. The lowest BCUT2D eigenvalue weighted by molar-refractivity contribution is -0.137. The second kappa shape index (κ2) is 6.65. The number of aliphatic carboxylic acids is 1. The Balaban J connectivity index is 2.84. The summed E-state index contributed by atoms with van der Waals surface area (Å²) in [6, 6.07) is 3.57. The van der Waals surface area contributed by atoms with Gasteiger partial charge in [0.05, 0.1) is 12.0 Å². The normalized spacial score (nSPS) is 12.3. The lowest BCUT2D eigenvalue weighted by Gasteiger charge is -2.20. The van der Waals surface area contributed by atoms with Crippen LogP contribution in [-0.2, 0) is 4.79 Å².